The molecule has 1 amide bonds. The van der Waals surface area contributed by atoms with E-state index in [9.17, 15) is 4.79 Å². The number of hydrogen-bond acceptors (Lipinski definition) is 6. The lowest BCUT2D eigenvalue weighted by Gasteiger charge is -2.12. The fraction of sp³-hybridized carbons (Fsp3) is 0.0909. The number of hydrogen-bond donors (Lipinski definition) is 2. The Labute approximate surface area is 188 Å². The second-order valence-electron chi connectivity index (χ2n) is 6.52. The van der Waals surface area contributed by atoms with Gasteiger partial charge in [0.1, 0.15) is 5.75 Å². The van der Waals surface area contributed by atoms with Crippen LogP contribution in [0.1, 0.15) is 15.9 Å². The molecule has 4 aromatic rings. The van der Waals surface area contributed by atoms with E-state index in [0.29, 0.717) is 40.0 Å². The minimum absolute atomic E-state index is 0.195. The highest BCUT2D eigenvalue weighted by Crippen LogP contribution is 2.24. The number of thiocarbonyl (C=S) groups is 1. The quantitative estimate of drug-likeness (QED) is 0.435. The third-order valence-corrected chi connectivity index (χ3v) is 4.93. The molecule has 0 aliphatic heterocycles. The number of fused-ring (bicyclic) bond motifs is 1. The predicted molar refractivity (Wildman–Crippen MR) is 122 cm³/mol. The SMILES string of the molecule is COc1ccc(Cl)cc1C(=O)NC(=S)NCc1ccc(-c2nc3ncccc3o2)cc1. The van der Waals surface area contributed by atoms with Gasteiger partial charge in [-0.25, -0.2) is 4.98 Å². The van der Waals surface area contributed by atoms with Crippen LogP contribution in [0, 0.1) is 0 Å². The molecule has 9 heteroatoms. The lowest BCUT2D eigenvalue weighted by molar-refractivity contribution is 0.0973. The van der Waals surface area contributed by atoms with Gasteiger partial charge in [0.2, 0.25) is 5.89 Å². The minimum atomic E-state index is -0.406. The van der Waals surface area contributed by atoms with Gasteiger partial charge in [0.15, 0.2) is 16.3 Å². The van der Waals surface area contributed by atoms with Crippen LogP contribution in [0.5, 0.6) is 5.75 Å². The molecule has 0 aliphatic rings. The summed E-state index contributed by atoms with van der Waals surface area (Å²) in [5, 5.41) is 6.27. The maximum absolute atomic E-state index is 12.5. The van der Waals surface area contributed by atoms with Crippen molar-refractivity contribution in [2.24, 2.45) is 0 Å². The number of ether oxygens (including phenoxy) is 1. The highest BCUT2D eigenvalue weighted by molar-refractivity contribution is 7.80. The maximum Gasteiger partial charge on any atom is 0.261 e. The number of nitrogens with one attached hydrogen (secondary N) is 2. The molecule has 0 atom stereocenters. The van der Waals surface area contributed by atoms with E-state index in [4.69, 9.17) is 33.0 Å². The zero-order valence-electron chi connectivity index (χ0n) is 16.4. The molecule has 0 unspecified atom stereocenters. The van der Waals surface area contributed by atoms with Gasteiger partial charge in [-0.1, -0.05) is 23.7 Å². The van der Waals surface area contributed by atoms with Gasteiger partial charge < -0.3 is 14.5 Å². The summed E-state index contributed by atoms with van der Waals surface area (Å²) in [7, 11) is 1.48. The van der Waals surface area contributed by atoms with Crippen LogP contribution in [0.15, 0.2) is 65.2 Å². The number of benzene rings is 2. The van der Waals surface area contributed by atoms with Crippen molar-refractivity contribution in [1.82, 2.24) is 20.6 Å². The lowest BCUT2D eigenvalue weighted by Crippen LogP contribution is -2.39. The van der Waals surface area contributed by atoms with E-state index in [-0.39, 0.29) is 5.11 Å². The second-order valence-corrected chi connectivity index (χ2v) is 7.37. The van der Waals surface area contributed by atoms with Crippen molar-refractivity contribution in [2.75, 3.05) is 7.11 Å². The molecule has 2 aromatic carbocycles. The number of methoxy groups -OCH3 is 1. The van der Waals surface area contributed by atoms with E-state index < -0.39 is 5.91 Å². The Morgan fingerprint density at radius 1 is 1.19 bits per heavy atom. The molecule has 0 fully saturated rings. The smallest absolute Gasteiger partial charge is 0.261 e. The normalized spacial score (nSPS) is 10.6. The van der Waals surface area contributed by atoms with E-state index in [1.165, 1.54) is 13.2 Å². The topological polar surface area (TPSA) is 89.3 Å². The van der Waals surface area contributed by atoms with Gasteiger partial charge >= 0.3 is 0 Å². The molecule has 156 valence electrons. The van der Waals surface area contributed by atoms with Crippen molar-refractivity contribution in [2.45, 2.75) is 6.54 Å². The monoisotopic (exact) mass is 452 g/mol. The molecular formula is C22H17ClN4O3S. The van der Waals surface area contributed by atoms with Crippen LogP contribution in [0.2, 0.25) is 5.02 Å². The van der Waals surface area contributed by atoms with E-state index in [0.717, 1.165) is 11.1 Å². The molecule has 2 aromatic heterocycles. The number of halogens is 1. The Kier molecular flexibility index (Phi) is 6.11. The van der Waals surface area contributed by atoms with Gasteiger partial charge in [0.05, 0.1) is 12.7 Å². The standard InChI is InChI=1S/C22H17ClN4O3S/c1-29-17-9-8-15(23)11-16(17)20(28)27-22(31)25-12-13-4-6-14(7-5-13)21-26-19-18(30-21)3-2-10-24-19/h2-11H,12H2,1H3,(H2,25,27,28,31). The van der Waals surface area contributed by atoms with Crippen LogP contribution >= 0.6 is 23.8 Å². The third-order valence-electron chi connectivity index (χ3n) is 4.45. The van der Waals surface area contributed by atoms with Crippen molar-refractivity contribution >= 4 is 46.1 Å². The zero-order chi connectivity index (χ0) is 21.8. The number of amides is 1. The number of nitrogens with zero attached hydrogens (tertiary/aromatic N) is 2. The summed E-state index contributed by atoms with van der Waals surface area (Å²) in [5.41, 5.74) is 3.32. The zero-order valence-corrected chi connectivity index (χ0v) is 18.0. The van der Waals surface area contributed by atoms with Crippen LogP contribution < -0.4 is 15.4 Å². The van der Waals surface area contributed by atoms with Crippen LogP contribution in [-0.4, -0.2) is 28.1 Å². The maximum atomic E-state index is 12.5. The number of aromatic nitrogens is 2. The first kappa shape index (κ1) is 20.8. The molecule has 31 heavy (non-hydrogen) atoms. The molecule has 0 aliphatic carbocycles. The summed E-state index contributed by atoms with van der Waals surface area (Å²) < 4.78 is 10.9. The molecule has 0 saturated carbocycles. The number of rotatable bonds is 5. The van der Waals surface area contributed by atoms with Crippen molar-refractivity contribution in [1.29, 1.82) is 0 Å². The number of carbonyl (C=O) groups excluding carboxylic acids is 1. The van der Waals surface area contributed by atoms with E-state index >= 15 is 0 Å². The van der Waals surface area contributed by atoms with Gasteiger partial charge in [-0.15, -0.1) is 0 Å². The molecule has 4 rings (SSSR count). The third kappa shape index (κ3) is 4.82. The molecule has 0 radical (unpaired) electrons. The molecule has 7 nitrogen and oxygen atoms in total. The Hall–Kier alpha value is -3.49. The van der Waals surface area contributed by atoms with Crippen LogP contribution in [0.4, 0.5) is 0 Å². The molecule has 0 saturated heterocycles. The van der Waals surface area contributed by atoms with Crippen LogP contribution in [-0.2, 0) is 6.54 Å². The highest BCUT2D eigenvalue weighted by atomic mass is 35.5. The van der Waals surface area contributed by atoms with E-state index in [1.807, 2.05) is 30.3 Å². The van der Waals surface area contributed by atoms with Crippen molar-refractivity contribution in [3.63, 3.8) is 0 Å². The molecular weight excluding hydrogens is 436 g/mol. The summed E-state index contributed by atoms with van der Waals surface area (Å²) in [6.07, 6.45) is 1.67. The minimum Gasteiger partial charge on any atom is -0.496 e. The lowest BCUT2D eigenvalue weighted by atomic mass is 10.1. The van der Waals surface area contributed by atoms with Gasteiger partial charge in [-0.3, -0.25) is 10.1 Å². The number of oxazole rings is 1. The fourth-order valence-corrected chi connectivity index (χ4v) is 3.25. The van der Waals surface area contributed by atoms with Crippen LogP contribution in [0.25, 0.3) is 22.7 Å². The van der Waals surface area contributed by atoms with Gasteiger partial charge in [0.25, 0.3) is 5.91 Å². The van der Waals surface area contributed by atoms with E-state index in [2.05, 4.69) is 20.6 Å². The Morgan fingerprint density at radius 3 is 2.74 bits per heavy atom. The summed E-state index contributed by atoms with van der Waals surface area (Å²) in [5.74, 6) is 0.512. The highest BCUT2D eigenvalue weighted by Gasteiger charge is 2.14. The Morgan fingerprint density at radius 2 is 2.00 bits per heavy atom. The average molecular weight is 453 g/mol. The molecule has 2 heterocycles. The summed E-state index contributed by atoms with van der Waals surface area (Å²) in [6.45, 7) is 0.432. The molecule has 2 N–H and O–H groups in total. The summed E-state index contributed by atoms with van der Waals surface area (Å²) >= 11 is 11.2. The first-order chi connectivity index (χ1) is 15.0. The Balaban J connectivity index is 1.36. The molecule has 0 spiro atoms. The first-order valence-corrected chi connectivity index (χ1v) is 10.1. The first-order valence-electron chi connectivity index (χ1n) is 9.27. The van der Waals surface area contributed by atoms with Gasteiger partial charge in [-0.2, -0.15) is 4.98 Å². The van der Waals surface area contributed by atoms with Gasteiger partial charge in [0, 0.05) is 23.3 Å². The number of carbonyl (C=O) groups is 1. The van der Waals surface area contributed by atoms with Crippen LogP contribution in [0.3, 0.4) is 0 Å². The van der Waals surface area contributed by atoms with Gasteiger partial charge in [-0.05, 0) is 60.2 Å². The molecule has 0 bridgehead atoms. The Bertz CT molecular complexity index is 1220. The summed E-state index contributed by atoms with van der Waals surface area (Å²) in [6, 6.07) is 16.1. The fourth-order valence-electron chi connectivity index (χ4n) is 2.91. The van der Waals surface area contributed by atoms with Crippen molar-refractivity contribution in [3.8, 4) is 17.2 Å². The van der Waals surface area contributed by atoms with Crippen molar-refractivity contribution in [3.05, 3.63) is 76.9 Å². The second kappa shape index (κ2) is 9.11. The number of pyridine rings is 1. The summed E-state index contributed by atoms with van der Waals surface area (Å²) in [4.78, 5) is 21.0. The predicted octanol–water partition coefficient (Wildman–Crippen LogP) is 4.36. The largest absolute Gasteiger partial charge is 0.496 e. The van der Waals surface area contributed by atoms with E-state index in [1.54, 1.807) is 24.4 Å². The van der Waals surface area contributed by atoms with Crippen molar-refractivity contribution < 1.29 is 13.9 Å². The average Bonchev–Trinajstić information content (AvgIpc) is 3.22.